The minimum Gasteiger partial charge on any atom is -0.426 e. The number of ether oxygens (including phenoxy) is 2. The smallest absolute Gasteiger partial charge is 0.333 e. The zero-order valence-electron chi connectivity index (χ0n) is 19.1. The molecule has 2 aromatic rings. The van der Waals surface area contributed by atoms with E-state index in [0.717, 1.165) is 12.0 Å². The van der Waals surface area contributed by atoms with E-state index in [-0.39, 0.29) is 11.0 Å². The molecule has 2 aliphatic heterocycles. The van der Waals surface area contributed by atoms with Crippen LogP contribution >= 0.6 is 0 Å². The summed E-state index contributed by atoms with van der Waals surface area (Å²) in [7, 11) is -2.65. The number of benzene rings is 2. The third-order valence-corrected chi connectivity index (χ3v) is 11.6. The molecule has 0 bridgehead atoms. The number of rotatable bonds is 5. The second-order valence-corrected chi connectivity index (χ2v) is 14.3. The van der Waals surface area contributed by atoms with Crippen LogP contribution in [0.3, 0.4) is 0 Å². The molecule has 1 saturated heterocycles. The van der Waals surface area contributed by atoms with Crippen molar-refractivity contribution >= 4 is 24.7 Å². The highest BCUT2D eigenvalue weighted by molar-refractivity contribution is 6.99. The molecule has 2 atom stereocenters. The van der Waals surface area contributed by atoms with Gasteiger partial charge in [-0.2, -0.15) is 0 Å². The van der Waals surface area contributed by atoms with Crippen molar-refractivity contribution in [2.75, 3.05) is 6.61 Å². The van der Waals surface area contributed by atoms with Gasteiger partial charge in [0.2, 0.25) is 5.79 Å². The zero-order valence-corrected chi connectivity index (χ0v) is 20.1. The Bertz CT molecular complexity index is 940. The highest BCUT2D eigenvalue weighted by atomic mass is 28.4. The van der Waals surface area contributed by atoms with E-state index < -0.39 is 19.7 Å². The zero-order chi connectivity index (χ0) is 22.3. The minimum absolute atomic E-state index is 0.0992. The maximum Gasteiger partial charge on any atom is 0.333 e. The van der Waals surface area contributed by atoms with E-state index in [4.69, 9.17) is 13.9 Å². The molecule has 1 spiro atoms. The van der Waals surface area contributed by atoms with Crippen molar-refractivity contribution in [3.05, 3.63) is 72.3 Å². The van der Waals surface area contributed by atoms with Crippen molar-refractivity contribution in [1.29, 1.82) is 0 Å². The summed E-state index contributed by atoms with van der Waals surface area (Å²) in [6, 6.07) is 21.2. The lowest BCUT2D eigenvalue weighted by Crippen LogP contribution is -2.67. The topological polar surface area (TPSA) is 44.8 Å². The molecule has 164 valence electrons. The third-order valence-electron chi connectivity index (χ3n) is 6.61. The summed E-state index contributed by atoms with van der Waals surface area (Å²) in [4.78, 5) is 11.8. The van der Waals surface area contributed by atoms with Crippen LogP contribution in [-0.2, 0) is 18.7 Å². The Balaban J connectivity index is 1.70. The van der Waals surface area contributed by atoms with E-state index in [9.17, 15) is 4.79 Å². The first-order valence-corrected chi connectivity index (χ1v) is 12.9. The number of hydrogen-bond donors (Lipinski definition) is 0. The second-order valence-electron chi connectivity index (χ2n) is 10.0. The summed E-state index contributed by atoms with van der Waals surface area (Å²) < 4.78 is 19.1. The van der Waals surface area contributed by atoms with Gasteiger partial charge in [0.05, 0.1) is 12.2 Å². The monoisotopic (exact) mass is 436 g/mol. The summed E-state index contributed by atoms with van der Waals surface area (Å²) in [5, 5.41) is 2.39. The SMILES string of the molecule is CC1=CC(=O)O[C@]12CC[C@](C)(CO[Si](c1ccccc1)(c1ccccc1)C(C)(C)C)O2. The fourth-order valence-electron chi connectivity index (χ4n) is 4.96. The molecule has 1 fully saturated rings. The van der Waals surface area contributed by atoms with E-state index in [0.29, 0.717) is 13.0 Å². The molecule has 4 nitrogen and oxygen atoms in total. The molecular weight excluding hydrogens is 404 g/mol. The number of hydrogen-bond acceptors (Lipinski definition) is 4. The second kappa shape index (κ2) is 7.73. The van der Waals surface area contributed by atoms with Gasteiger partial charge in [-0.15, -0.1) is 0 Å². The van der Waals surface area contributed by atoms with Gasteiger partial charge in [0.15, 0.2) is 0 Å². The molecule has 0 aliphatic carbocycles. The van der Waals surface area contributed by atoms with Crippen molar-refractivity contribution < 1.29 is 18.7 Å². The van der Waals surface area contributed by atoms with Gasteiger partial charge in [0.25, 0.3) is 8.32 Å². The fourth-order valence-corrected chi connectivity index (χ4v) is 9.64. The first kappa shape index (κ1) is 22.0. The fraction of sp³-hybridized carbons (Fsp3) is 0.423. The molecule has 0 aromatic heterocycles. The molecule has 5 heteroatoms. The highest BCUT2D eigenvalue weighted by Gasteiger charge is 2.56. The Morgan fingerprint density at radius 2 is 1.52 bits per heavy atom. The van der Waals surface area contributed by atoms with Gasteiger partial charge in [-0.1, -0.05) is 81.4 Å². The molecule has 4 rings (SSSR count). The summed E-state index contributed by atoms with van der Waals surface area (Å²) >= 11 is 0. The van der Waals surface area contributed by atoms with E-state index >= 15 is 0 Å². The van der Waals surface area contributed by atoms with Crippen LogP contribution in [0.25, 0.3) is 0 Å². The molecular formula is C26H32O4Si. The normalized spacial score (nSPS) is 26.2. The standard InChI is InChI=1S/C26H32O4Si/c1-20-18-23(27)29-26(20)17-16-25(5,30-26)19-28-31(24(2,3)4,21-12-8-6-9-13-21)22-14-10-7-11-15-22/h6-15,18H,16-17,19H2,1-5H3/t25-,26+/m1/s1. The average molecular weight is 437 g/mol. The van der Waals surface area contributed by atoms with Crippen molar-refractivity contribution in [2.24, 2.45) is 0 Å². The Kier molecular flexibility index (Phi) is 5.49. The van der Waals surface area contributed by atoms with Crippen molar-refractivity contribution in [3.63, 3.8) is 0 Å². The van der Waals surface area contributed by atoms with Crippen LogP contribution in [0, 0.1) is 0 Å². The highest BCUT2D eigenvalue weighted by Crippen LogP contribution is 2.46. The van der Waals surface area contributed by atoms with Crippen LogP contribution in [0.15, 0.2) is 72.3 Å². The summed E-state index contributed by atoms with van der Waals surface area (Å²) in [6.07, 6.45) is 2.96. The van der Waals surface area contributed by atoms with E-state index in [1.165, 1.54) is 16.4 Å². The lowest BCUT2D eigenvalue weighted by Gasteiger charge is -2.44. The first-order valence-electron chi connectivity index (χ1n) is 11.0. The van der Waals surface area contributed by atoms with E-state index in [1.54, 1.807) is 0 Å². The molecule has 0 N–H and O–H groups in total. The van der Waals surface area contributed by atoms with Gasteiger partial charge in [0, 0.05) is 18.1 Å². The minimum atomic E-state index is -2.65. The molecule has 0 unspecified atom stereocenters. The summed E-state index contributed by atoms with van der Waals surface area (Å²) in [6.45, 7) is 11.2. The van der Waals surface area contributed by atoms with Gasteiger partial charge in [-0.3, -0.25) is 0 Å². The van der Waals surface area contributed by atoms with Gasteiger partial charge in [-0.05, 0) is 35.7 Å². The van der Waals surface area contributed by atoms with Crippen molar-refractivity contribution in [3.8, 4) is 0 Å². The van der Waals surface area contributed by atoms with E-state index in [2.05, 4.69) is 76.2 Å². The third kappa shape index (κ3) is 3.79. The molecule has 0 radical (unpaired) electrons. The predicted octanol–water partition coefficient (Wildman–Crippen LogP) is 4.33. The lowest BCUT2D eigenvalue weighted by molar-refractivity contribution is -0.216. The molecule has 2 aliphatic rings. The summed E-state index contributed by atoms with van der Waals surface area (Å²) in [5.74, 6) is -1.25. The number of carbonyl (C=O) groups excluding carboxylic acids is 1. The van der Waals surface area contributed by atoms with Crippen LogP contribution in [0.4, 0.5) is 0 Å². The Labute approximate surface area is 186 Å². The molecule has 0 saturated carbocycles. The van der Waals surface area contributed by atoms with E-state index in [1.807, 2.05) is 19.1 Å². The van der Waals surface area contributed by atoms with Crippen LogP contribution in [0.1, 0.15) is 47.5 Å². The van der Waals surface area contributed by atoms with Gasteiger partial charge < -0.3 is 13.9 Å². The van der Waals surface area contributed by atoms with Crippen LogP contribution in [0.2, 0.25) is 5.04 Å². The molecule has 0 amide bonds. The summed E-state index contributed by atoms with van der Waals surface area (Å²) in [5.41, 5.74) is 0.305. The van der Waals surface area contributed by atoms with Gasteiger partial charge >= 0.3 is 5.97 Å². The van der Waals surface area contributed by atoms with Crippen LogP contribution in [0.5, 0.6) is 0 Å². The van der Waals surface area contributed by atoms with Crippen LogP contribution < -0.4 is 10.4 Å². The Hall–Kier alpha value is -2.21. The van der Waals surface area contributed by atoms with Gasteiger partial charge in [-0.25, -0.2) is 4.79 Å². The predicted molar refractivity (Wildman–Crippen MR) is 125 cm³/mol. The first-order chi connectivity index (χ1) is 14.6. The van der Waals surface area contributed by atoms with Crippen LogP contribution in [-0.4, -0.2) is 32.3 Å². The van der Waals surface area contributed by atoms with Crippen molar-refractivity contribution in [2.45, 2.75) is 63.9 Å². The molecule has 2 heterocycles. The van der Waals surface area contributed by atoms with Crippen molar-refractivity contribution in [1.82, 2.24) is 0 Å². The number of esters is 1. The average Bonchev–Trinajstić information content (AvgIpc) is 3.20. The maximum absolute atomic E-state index is 11.8. The number of carbonyl (C=O) groups is 1. The Morgan fingerprint density at radius 3 is 1.97 bits per heavy atom. The molecule has 2 aromatic carbocycles. The largest absolute Gasteiger partial charge is 0.426 e. The van der Waals surface area contributed by atoms with Gasteiger partial charge in [0.1, 0.15) is 0 Å². The molecule has 31 heavy (non-hydrogen) atoms. The lowest BCUT2D eigenvalue weighted by atomic mass is 10.0. The Morgan fingerprint density at radius 1 is 0.968 bits per heavy atom. The maximum atomic E-state index is 11.8. The quantitative estimate of drug-likeness (QED) is 0.517.